The maximum absolute atomic E-state index is 15.9. The van der Waals surface area contributed by atoms with E-state index in [0.29, 0.717) is 44.1 Å². The number of benzene rings is 4. The highest BCUT2D eigenvalue weighted by Gasteiger charge is 2.61. The largest absolute Gasteiger partial charge is 0.494 e. The number of carbonyl (C=O) groups excluding carboxylic acids is 2. The fourth-order valence-corrected chi connectivity index (χ4v) is 9.84. The summed E-state index contributed by atoms with van der Waals surface area (Å²) in [5.74, 6) is -3.14. The molecule has 2 N–H and O–H groups in total. The molecule has 2 aliphatic rings. The molecule has 6 rings (SSSR count). The predicted molar refractivity (Wildman–Crippen MR) is 255 cm³/mol. The van der Waals surface area contributed by atoms with Gasteiger partial charge in [-0.2, -0.15) is 23.7 Å². The topological polar surface area (TPSA) is 131 Å². The minimum atomic E-state index is -4.81. The maximum Gasteiger partial charge on any atom is 0.417 e. The monoisotopic (exact) mass is 996 g/mol. The number of alkyl halides is 3. The Hall–Kier alpha value is -5.36. The SMILES string of the molecule is CC(C)(C)CC1N[C@@H](C(=O)NCCCOCCCCCOc2ccc(N3C(=S)N(c4ccc(C#N)c(C(F)(F)F)c4)C(=O)C3(C)C)cc2)C(c2cccc(Cl)c2F)[C@@]1(C#N)c1ccc(Cl)cc1F. The molecule has 2 unspecified atom stereocenters. The highest BCUT2D eigenvalue weighted by molar-refractivity contribution is 7.81. The van der Waals surface area contributed by atoms with Crippen LogP contribution in [0.4, 0.5) is 33.3 Å². The van der Waals surface area contributed by atoms with E-state index in [1.165, 1.54) is 36.4 Å². The standard InChI is InChI=1S/C50H51Cl2F5N6O4S/c1-47(2,3)27-40-49(29-59,36-20-14-31(51)25-39(36)53)41(35-11-9-12-38(52)42(35)54)43(61-40)44(64)60-21-10-23-66-22-7-6-8-24-67-34-18-16-32(17-19-34)63-46(68)62(45(65)48(63,4)5)33-15-13-30(28-58)37(26-33)50(55,56)57/h9,11-20,25-26,40-41,43,61H,6-8,10,21-24,27H2,1-5H3,(H,60,64)/t40?,41?,43-,49+/m1/s1. The van der Waals surface area contributed by atoms with Crippen molar-refractivity contribution in [1.82, 2.24) is 10.6 Å². The van der Waals surface area contributed by atoms with Crippen LogP contribution in [0.5, 0.6) is 5.75 Å². The molecule has 4 aromatic rings. The number of nitriles is 2. The van der Waals surface area contributed by atoms with Gasteiger partial charge in [-0.05, 0) is 130 Å². The fourth-order valence-electron chi connectivity index (χ4n) is 8.98. The molecule has 360 valence electrons. The Morgan fingerprint density at radius 3 is 2.24 bits per heavy atom. The van der Waals surface area contributed by atoms with Crippen LogP contribution in [-0.4, -0.2) is 60.9 Å². The van der Waals surface area contributed by atoms with Crippen molar-refractivity contribution in [2.24, 2.45) is 5.41 Å². The Labute approximate surface area is 408 Å². The molecule has 10 nitrogen and oxygen atoms in total. The van der Waals surface area contributed by atoms with Crippen molar-refractivity contribution in [3.63, 3.8) is 0 Å². The maximum atomic E-state index is 15.9. The second-order valence-electron chi connectivity index (χ2n) is 18.5. The van der Waals surface area contributed by atoms with E-state index < -0.39 is 69.7 Å². The van der Waals surface area contributed by atoms with Gasteiger partial charge >= 0.3 is 6.18 Å². The summed E-state index contributed by atoms with van der Waals surface area (Å²) in [5.41, 5.74) is -4.60. The summed E-state index contributed by atoms with van der Waals surface area (Å²) in [6.45, 7) is 10.6. The average Bonchev–Trinajstić information content (AvgIpc) is 3.68. The Bertz CT molecular complexity index is 2610. The lowest BCUT2D eigenvalue weighted by Crippen LogP contribution is -2.46. The molecule has 0 aliphatic carbocycles. The lowest BCUT2D eigenvalue weighted by atomic mass is 9.62. The first kappa shape index (κ1) is 52.0. The van der Waals surface area contributed by atoms with Gasteiger partial charge in [-0.15, -0.1) is 0 Å². The lowest BCUT2D eigenvalue weighted by Gasteiger charge is -2.37. The molecule has 4 aromatic carbocycles. The van der Waals surface area contributed by atoms with Crippen molar-refractivity contribution < 1.29 is 41.0 Å². The van der Waals surface area contributed by atoms with Gasteiger partial charge in [-0.3, -0.25) is 14.5 Å². The highest BCUT2D eigenvalue weighted by atomic mass is 35.5. The van der Waals surface area contributed by atoms with E-state index in [4.69, 9.17) is 44.9 Å². The van der Waals surface area contributed by atoms with Gasteiger partial charge in [0, 0.05) is 48.0 Å². The summed E-state index contributed by atoms with van der Waals surface area (Å²) in [7, 11) is 0. The van der Waals surface area contributed by atoms with Gasteiger partial charge in [0.25, 0.3) is 5.91 Å². The third-order valence-electron chi connectivity index (χ3n) is 12.1. The van der Waals surface area contributed by atoms with Crippen molar-refractivity contribution in [3.8, 4) is 17.9 Å². The van der Waals surface area contributed by atoms with E-state index in [1.54, 1.807) is 49.1 Å². The van der Waals surface area contributed by atoms with Gasteiger partial charge in [0.1, 0.15) is 28.3 Å². The second kappa shape index (κ2) is 21.1. The molecule has 2 heterocycles. The third-order valence-corrected chi connectivity index (χ3v) is 13.0. The zero-order valence-electron chi connectivity index (χ0n) is 38.1. The van der Waals surface area contributed by atoms with Crippen LogP contribution in [0, 0.1) is 39.7 Å². The third kappa shape index (κ3) is 10.9. The van der Waals surface area contributed by atoms with Gasteiger partial charge in [-0.25, -0.2) is 8.78 Å². The first-order chi connectivity index (χ1) is 32.1. The number of amides is 2. The molecule has 68 heavy (non-hydrogen) atoms. The van der Waals surface area contributed by atoms with Crippen molar-refractivity contribution in [2.45, 2.75) is 102 Å². The number of nitrogens with zero attached hydrogens (tertiary/aromatic N) is 4. The van der Waals surface area contributed by atoms with Crippen LogP contribution in [-0.2, 0) is 25.9 Å². The molecular formula is C50H51Cl2F5N6O4S. The molecule has 4 atom stereocenters. The van der Waals surface area contributed by atoms with Gasteiger partial charge in [0.2, 0.25) is 5.91 Å². The molecule has 0 bridgehead atoms. The van der Waals surface area contributed by atoms with Crippen LogP contribution in [0.15, 0.2) is 78.9 Å². The van der Waals surface area contributed by atoms with Crippen LogP contribution in [0.1, 0.15) is 94.9 Å². The number of ether oxygens (including phenoxy) is 2. The van der Waals surface area contributed by atoms with Gasteiger partial charge in [0.15, 0.2) is 5.11 Å². The molecule has 18 heteroatoms. The number of thiocarbonyl (C=S) groups is 1. The van der Waals surface area contributed by atoms with E-state index in [9.17, 15) is 33.3 Å². The van der Waals surface area contributed by atoms with E-state index in [1.807, 2.05) is 20.8 Å². The molecule has 0 radical (unpaired) electrons. The molecule has 0 spiro atoms. The number of hydrogen-bond donors (Lipinski definition) is 2. The van der Waals surface area contributed by atoms with Crippen molar-refractivity contribution >= 4 is 63.7 Å². The van der Waals surface area contributed by atoms with E-state index >= 15 is 8.78 Å². The number of nitrogens with one attached hydrogen (secondary N) is 2. The average molecular weight is 998 g/mol. The van der Waals surface area contributed by atoms with Crippen LogP contribution in [0.25, 0.3) is 0 Å². The predicted octanol–water partition coefficient (Wildman–Crippen LogP) is 11.2. The number of anilines is 2. The number of unbranched alkanes of at least 4 members (excludes halogenated alkanes) is 2. The molecule has 0 saturated carbocycles. The Morgan fingerprint density at radius 2 is 1.59 bits per heavy atom. The zero-order chi connectivity index (χ0) is 49.8. The van der Waals surface area contributed by atoms with E-state index in [2.05, 4.69) is 16.7 Å². The smallest absolute Gasteiger partial charge is 0.417 e. The Morgan fingerprint density at radius 1 is 0.912 bits per heavy atom. The second-order valence-corrected chi connectivity index (χ2v) is 19.7. The minimum Gasteiger partial charge on any atom is -0.494 e. The van der Waals surface area contributed by atoms with E-state index in [0.717, 1.165) is 42.4 Å². The number of carbonyl (C=O) groups is 2. The van der Waals surface area contributed by atoms with Gasteiger partial charge < -0.3 is 25.0 Å². The molecule has 0 aromatic heterocycles. The number of rotatable bonds is 17. The molecule has 2 amide bonds. The molecule has 2 aliphatic heterocycles. The van der Waals surface area contributed by atoms with Crippen molar-refractivity contribution in [3.05, 3.63) is 123 Å². The normalized spacial score (nSPS) is 20.4. The quantitative estimate of drug-likeness (QED) is 0.0603. The van der Waals surface area contributed by atoms with E-state index in [-0.39, 0.29) is 43.9 Å². The van der Waals surface area contributed by atoms with Gasteiger partial charge in [-0.1, -0.05) is 62.2 Å². The molecular weight excluding hydrogens is 947 g/mol. The summed E-state index contributed by atoms with van der Waals surface area (Å²) in [6, 6.07) is 20.3. The first-order valence-electron chi connectivity index (χ1n) is 22.0. The van der Waals surface area contributed by atoms with Crippen molar-refractivity contribution in [1.29, 1.82) is 10.5 Å². The van der Waals surface area contributed by atoms with Crippen LogP contribution < -0.4 is 25.2 Å². The number of halogens is 7. The minimum absolute atomic E-state index is 0.00166. The molecule has 2 saturated heterocycles. The highest BCUT2D eigenvalue weighted by Crippen LogP contribution is 2.53. The van der Waals surface area contributed by atoms with Crippen LogP contribution >= 0.6 is 35.4 Å². The summed E-state index contributed by atoms with van der Waals surface area (Å²) >= 11 is 18.0. The summed E-state index contributed by atoms with van der Waals surface area (Å²) in [5, 5.41) is 26.4. The summed E-state index contributed by atoms with van der Waals surface area (Å²) < 4.78 is 84.7. The number of hydrogen-bond acceptors (Lipinski definition) is 8. The van der Waals surface area contributed by atoms with Crippen LogP contribution in [0.3, 0.4) is 0 Å². The fraction of sp³-hybridized carbons (Fsp3) is 0.420. The zero-order valence-corrected chi connectivity index (χ0v) is 40.4. The Kier molecular flexibility index (Phi) is 16.1. The van der Waals surface area contributed by atoms with Crippen molar-refractivity contribution in [2.75, 3.05) is 36.2 Å². The lowest BCUT2D eigenvalue weighted by molar-refractivity contribution is -0.137. The summed E-state index contributed by atoms with van der Waals surface area (Å²) in [4.78, 5) is 30.2. The first-order valence-corrected chi connectivity index (χ1v) is 23.2. The molecule has 2 fully saturated rings. The van der Waals surface area contributed by atoms with Gasteiger partial charge in [0.05, 0.1) is 46.6 Å². The van der Waals surface area contributed by atoms with Crippen LogP contribution in [0.2, 0.25) is 10.0 Å². The summed E-state index contributed by atoms with van der Waals surface area (Å²) in [6.07, 6.45) is -1.72. The Balaban J connectivity index is 0.973.